The first-order valence-corrected chi connectivity index (χ1v) is 15.1. The molecule has 0 amide bonds. The van der Waals surface area contributed by atoms with Crippen LogP contribution in [0.25, 0.3) is 32.2 Å². The number of carboxylic acids is 1. The summed E-state index contributed by atoms with van der Waals surface area (Å²) in [7, 11) is 0. The first kappa shape index (κ1) is 32.1. The van der Waals surface area contributed by atoms with Gasteiger partial charge in [0.2, 0.25) is 0 Å². The Balaban J connectivity index is 1.38. The van der Waals surface area contributed by atoms with Gasteiger partial charge >= 0.3 is 12.1 Å². The molecule has 6 rings (SSSR count). The van der Waals surface area contributed by atoms with Crippen LogP contribution in [0.5, 0.6) is 5.75 Å². The second-order valence-corrected chi connectivity index (χ2v) is 12.2. The van der Waals surface area contributed by atoms with Gasteiger partial charge in [0.15, 0.2) is 0 Å². The first-order valence-electron chi connectivity index (χ1n) is 13.8. The number of pyridine rings is 1. The highest BCUT2D eigenvalue weighted by Crippen LogP contribution is 2.45. The number of benzene rings is 2. The van der Waals surface area contributed by atoms with Crippen LogP contribution in [0.1, 0.15) is 33.0 Å². The Morgan fingerprint density at radius 2 is 1.89 bits per heavy atom. The summed E-state index contributed by atoms with van der Waals surface area (Å²) < 4.78 is 77.3. The average Bonchev–Trinajstić information content (AvgIpc) is 3.40. The summed E-state index contributed by atoms with van der Waals surface area (Å²) in [5.41, 5.74) is -2.00. The number of aryl methyl sites for hydroxylation is 2. The molecule has 1 N–H and O–H groups in total. The molecule has 9 nitrogen and oxygen atoms in total. The second-order valence-electron chi connectivity index (χ2n) is 10.9. The molecule has 0 unspecified atom stereocenters. The average molecular weight is 690 g/mol. The van der Waals surface area contributed by atoms with Crippen molar-refractivity contribution >= 4 is 55.7 Å². The molecule has 5 aromatic rings. The van der Waals surface area contributed by atoms with Crippen molar-refractivity contribution in [2.24, 2.45) is 0 Å². The molecular weight excluding hydrogens is 669 g/mol. The normalized spacial score (nSPS) is 14.3. The van der Waals surface area contributed by atoms with Gasteiger partial charge < -0.3 is 14.7 Å². The summed E-state index contributed by atoms with van der Waals surface area (Å²) in [6, 6.07) is 8.81. The molecule has 0 bridgehead atoms. The maximum absolute atomic E-state index is 14.1. The third-order valence-electron chi connectivity index (χ3n) is 7.67. The topological polar surface area (TPSA) is 121 Å². The predicted octanol–water partition coefficient (Wildman–Crippen LogP) is 7.07. The number of thiophene rings is 1. The number of hydrogen-bond donors (Lipinski definition) is 1. The molecule has 1 aliphatic heterocycles. The fourth-order valence-corrected chi connectivity index (χ4v) is 6.82. The number of nitriles is 1. The Morgan fingerprint density at radius 3 is 2.53 bits per heavy atom. The Labute approximate surface area is 271 Å². The number of nitrogens with zero attached hydrogens (tertiary/aromatic N) is 5. The minimum Gasteiger partial charge on any atom is -0.491 e. The number of aromatic carboxylic acids is 1. The molecule has 242 valence electrons. The summed E-state index contributed by atoms with van der Waals surface area (Å²) in [5.74, 6) is -4.00. The molecule has 0 radical (unpaired) electrons. The largest absolute Gasteiger partial charge is 0.491 e. The zero-order chi connectivity index (χ0) is 34.0. The van der Waals surface area contributed by atoms with Gasteiger partial charge in [-0.2, -0.15) is 18.4 Å². The van der Waals surface area contributed by atoms with E-state index in [1.165, 1.54) is 23.6 Å². The molecule has 0 spiro atoms. The van der Waals surface area contributed by atoms with E-state index in [0.717, 1.165) is 9.47 Å². The van der Waals surface area contributed by atoms with E-state index in [-0.39, 0.29) is 24.5 Å². The molecule has 1 aliphatic rings. The molecule has 3 aromatic heterocycles. The van der Waals surface area contributed by atoms with Crippen molar-refractivity contribution in [3.05, 3.63) is 79.3 Å². The number of fused-ring (bicyclic) bond motifs is 2. The van der Waals surface area contributed by atoms with E-state index in [4.69, 9.17) is 16.3 Å². The molecule has 0 atom stereocenters. The molecule has 47 heavy (non-hydrogen) atoms. The lowest BCUT2D eigenvalue weighted by Gasteiger charge is -2.42. The van der Waals surface area contributed by atoms with Crippen LogP contribution < -0.4 is 15.2 Å². The van der Waals surface area contributed by atoms with Gasteiger partial charge in [0, 0.05) is 27.2 Å². The van der Waals surface area contributed by atoms with Gasteiger partial charge in [-0.25, -0.2) is 18.6 Å². The summed E-state index contributed by atoms with van der Waals surface area (Å²) in [6.07, 6.45) is -5.01. The molecule has 16 heteroatoms. The lowest BCUT2D eigenvalue weighted by Crippen LogP contribution is -2.57. The van der Waals surface area contributed by atoms with Crippen molar-refractivity contribution in [2.45, 2.75) is 32.5 Å². The molecule has 1 fully saturated rings. The van der Waals surface area contributed by atoms with E-state index in [9.17, 15) is 41.9 Å². The van der Waals surface area contributed by atoms with Crippen LogP contribution in [0.2, 0.25) is 5.02 Å². The molecule has 2 aromatic carbocycles. The summed E-state index contributed by atoms with van der Waals surface area (Å²) in [4.78, 5) is 34.8. The molecular formula is C31H21ClF5N5O4S. The first-order chi connectivity index (χ1) is 22.1. The summed E-state index contributed by atoms with van der Waals surface area (Å²) in [6.45, 7) is 0.761. The van der Waals surface area contributed by atoms with Crippen molar-refractivity contribution in [3.8, 4) is 22.9 Å². The van der Waals surface area contributed by atoms with E-state index >= 15 is 0 Å². The van der Waals surface area contributed by atoms with E-state index in [1.54, 1.807) is 37.3 Å². The highest BCUT2D eigenvalue weighted by molar-refractivity contribution is 7.18. The zero-order valence-electron chi connectivity index (χ0n) is 24.4. The minimum atomic E-state index is -5.01. The Hall–Kier alpha value is -4.81. The molecule has 4 heterocycles. The van der Waals surface area contributed by atoms with Crippen LogP contribution in [0.3, 0.4) is 0 Å². The van der Waals surface area contributed by atoms with Crippen molar-refractivity contribution < 1.29 is 36.6 Å². The van der Waals surface area contributed by atoms with Gasteiger partial charge in [-0.1, -0.05) is 11.6 Å². The van der Waals surface area contributed by atoms with Crippen LogP contribution in [0.4, 0.5) is 27.6 Å². The number of carbonyl (C=O) groups is 1. The third-order valence-corrected chi connectivity index (χ3v) is 8.91. The Bertz CT molecular complexity index is 2220. The monoisotopic (exact) mass is 689 g/mol. The van der Waals surface area contributed by atoms with Crippen LogP contribution in [0.15, 0.2) is 40.5 Å². The fraction of sp³-hybridized carbons (Fsp3) is 0.258. The van der Waals surface area contributed by atoms with Crippen molar-refractivity contribution in [3.63, 3.8) is 0 Å². The van der Waals surface area contributed by atoms with Gasteiger partial charge in [0.1, 0.15) is 24.3 Å². The summed E-state index contributed by atoms with van der Waals surface area (Å²) >= 11 is 7.51. The van der Waals surface area contributed by atoms with Gasteiger partial charge in [-0.3, -0.25) is 14.3 Å². The quantitative estimate of drug-likeness (QED) is 0.180. The lowest BCUT2D eigenvalue weighted by atomic mass is 9.97. The highest BCUT2D eigenvalue weighted by Gasteiger charge is 2.48. The number of ether oxygens (including phenoxy) is 1. The number of anilines is 1. The SMILES string of the molecule is Cc1cc(-c2cc(Cl)ccc2OCCn2c(C)nc3cc(C(F)(F)F)c(N4CC(F)(F)C4)c(C#N)c3c2=O)c2scc(C(=O)O)c2n1. The van der Waals surface area contributed by atoms with Gasteiger partial charge in [0.25, 0.3) is 11.5 Å². The third kappa shape index (κ3) is 5.72. The van der Waals surface area contributed by atoms with Crippen LogP contribution in [0, 0.1) is 25.2 Å². The standard InChI is InChI=1S/C31H21ClF5N5O4S/c1-14-7-18(27-25(39-14)20(11-47-27)29(44)45)17-8-16(32)3-4-23(17)46-6-5-42-15(2)40-22-9-21(31(35,36)37)26(41-12-30(33,34)13-41)19(10-38)24(22)28(42)43/h3-4,7-9,11H,5-6,12-13H2,1-2H3,(H,44,45). The maximum atomic E-state index is 14.1. The molecule has 0 saturated carbocycles. The number of alkyl halides is 5. The second kappa shape index (κ2) is 11.5. The number of hydrogen-bond acceptors (Lipinski definition) is 8. The maximum Gasteiger partial charge on any atom is 0.418 e. The molecule has 1 saturated heterocycles. The van der Waals surface area contributed by atoms with E-state index in [1.807, 2.05) is 0 Å². The number of halogens is 6. The fourth-order valence-electron chi connectivity index (χ4n) is 5.64. The number of carboxylic acid groups (broad SMARTS) is 1. The van der Waals surface area contributed by atoms with Crippen molar-refractivity contribution in [2.75, 3.05) is 24.6 Å². The smallest absolute Gasteiger partial charge is 0.418 e. The van der Waals surface area contributed by atoms with Crippen molar-refractivity contribution in [1.29, 1.82) is 5.26 Å². The van der Waals surface area contributed by atoms with Crippen LogP contribution >= 0.6 is 22.9 Å². The van der Waals surface area contributed by atoms with Crippen LogP contribution in [-0.2, 0) is 12.7 Å². The van der Waals surface area contributed by atoms with Gasteiger partial charge in [-0.05, 0) is 44.2 Å². The molecule has 0 aliphatic carbocycles. The number of aromatic nitrogens is 3. The van der Waals surface area contributed by atoms with E-state index < -0.39 is 64.4 Å². The van der Waals surface area contributed by atoms with E-state index in [0.29, 0.717) is 43.9 Å². The van der Waals surface area contributed by atoms with E-state index in [2.05, 4.69) is 9.97 Å². The minimum absolute atomic E-state index is 0.0360. The number of rotatable bonds is 7. The van der Waals surface area contributed by atoms with Gasteiger partial charge in [0.05, 0.1) is 63.1 Å². The Morgan fingerprint density at radius 1 is 1.17 bits per heavy atom. The summed E-state index contributed by atoms with van der Waals surface area (Å²) in [5, 5.41) is 21.0. The van der Waals surface area contributed by atoms with Gasteiger partial charge in [-0.15, -0.1) is 11.3 Å². The lowest BCUT2D eigenvalue weighted by molar-refractivity contribution is -0.137. The highest BCUT2D eigenvalue weighted by atomic mass is 35.5. The predicted molar refractivity (Wildman–Crippen MR) is 165 cm³/mol. The van der Waals surface area contributed by atoms with Crippen LogP contribution in [-0.4, -0.2) is 51.2 Å². The van der Waals surface area contributed by atoms with Crippen molar-refractivity contribution in [1.82, 2.24) is 14.5 Å². The Kier molecular flexibility index (Phi) is 7.84. The zero-order valence-corrected chi connectivity index (χ0v) is 25.9.